The smallest absolute Gasteiger partial charge is 0.224 e. The van der Waals surface area contributed by atoms with Crippen molar-refractivity contribution in [2.75, 3.05) is 0 Å². The fraction of sp³-hybridized carbons (Fsp3) is 0.571. The molecule has 1 aliphatic carbocycles. The molecular weight excluding hydrogens is 226 g/mol. The van der Waals surface area contributed by atoms with Crippen LogP contribution in [0.5, 0.6) is 0 Å². The van der Waals surface area contributed by atoms with Crippen LogP contribution in [0.1, 0.15) is 37.7 Å². The lowest BCUT2D eigenvalue weighted by molar-refractivity contribution is -0.126. The van der Waals surface area contributed by atoms with Gasteiger partial charge >= 0.3 is 0 Å². The molecule has 0 spiro atoms. The summed E-state index contributed by atoms with van der Waals surface area (Å²) in [6, 6.07) is 3.85. The molecule has 2 atom stereocenters. The Balaban J connectivity index is 1.87. The van der Waals surface area contributed by atoms with Gasteiger partial charge in [0.05, 0.1) is 5.92 Å². The van der Waals surface area contributed by atoms with Gasteiger partial charge in [-0.25, -0.2) is 0 Å². The molecule has 2 unspecified atom stereocenters. The van der Waals surface area contributed by atoms with Crippen LogP contribution in [0.4, 0.5) is 0 Å². The van der Waals surface area contributed by atoms with Gasteiger partial charge in [0.25, 0.3) is 0 Å². The fourth-order valence-corrected chi connectivity index (χ4v) is 2.48. The van der Waals surface area contributed by atoms with Crippen LogP contribution >= 0.6 is 0 Å². The Bertz CT molecular complexity index is 380. The van der Waals surface area contributed by atoms with Crippen molar-refractivity contribution in [3.05, 3.63) is 30.1 Å². The molecule has 0 radical (unpaired) electrons. The van der Waals surface area contributed by atoms with E-state index in [1.165, 1.54) is 6.42 Å². The predicted molar refractivity (Wildman–Crippen MR) is 70.6 cm³/mol. The minimum absolute atomic E-state index is 0.0152. The summed E-state index contributed by atoms with van der Waals surface area (Å²) in [4.78, 5) is 16.2. The summed E-state index contributed by atoms with van der Waals surface area (Å²) >= 11 is 0. The number of amides is 1. The standard InChI is InChI=1S/C14H21N3O/c15-13-7-3-1-2-6-12(13)14(18)17-10-11-5-4-8-16-9-11/h4-5,8-9,12-13H,1-3,6-7,10,15H2,(H,17,18). The zero-order chi connectivity index (χ0) is 12.8. The zero-order valence-electron chi connectivity index (χ0n) is 10.6. The Labute approximate surface area is 108 Å². The Morgan fingerprint density at radius 1 is 1.39 bits per heavy atom. The number of aromatic nitrogens is 1. The summed E-state index contributed by atoms with van der Waals surface area (Å²) in [7, 11) is 0. The number of hydrogen-bond acceptors (Lipinski definition) is 3. The van der Waals surface area contributed by atoms with Gasteiger partial charge < -0.3 is 11.1 Å². The maximum absolute atomic E-state index is 12.1. The minimum atomic E-state index is -0.0239. The maximum atomic E-state index is 12.1. The first-order valence-corrected chi connectivity index (χ1v) is 6.69. The van der Waals surface area contributed by atoms with E-state index in [-0.39, 0.29) is 17.9 Å². The Morgan fingerprint density at radius 2 is 2.22 bits per heavy atom. The van der Waals surface area contributed by atoms with E-state index in [1.807, 2.05) is 12.1 Å². The molecule has 1 aliphatic rings. The third-order valence-corrected chi connectivity index (χ3v) is 3.60. The number of carbonyl (C=O) groups is 1. The van der Waals surface area contributed by atoms with Crippen molar-refractivity contribution in [2.24, 2.45) is 11.7 Å². The van der Waals surface area contributed by atoms with Crippen LogP contribution < -0.4 is 11.1 Å². The van der Waals surface area contributed by atoms with Gasteiger partial charge in [0, 0.05) is 25.0 Å². The summed E-state index contributed by atoms with van der Waals surface area (Å²) in [5, 5.41) is 2.97. The van der Waals surface area contributed by atoms with Gasteiger partial charge in [-0.3, -0.25) is 9.78 Å². The van der Waals surface area contributed by atoms with Crippen LogP contribution in [0.25, 0.3) is 0 Å². The third-order valence-electron chi connectivity index (χ3n) is 3.60. The number of pyridine rings is 1. The molecule has 1 aromatic heterocycles. The lowest BCUT2D eigenvalue weighted by Crippen LogP contribution is -2.41. The molecule has 98 valence electrons. The highest BCUT2D eigenvalue weighted by molar-refractivity contribution is 5.79. The molecule has 4 nitrogen and oxygen atoms in total. The van der Waals surface area contributed by atoms with Crippen molar-refractivity contribution >= 4 is 5.91 Å². The molecule has 1 amide bonds. The molecule has 0 aromatic carbocycles. The molecule has 4 heteroatoms. The van der Waals surface area contributed by atoms with E-state index in [4.69, 9.17) is 5.73 Å². The molecule has 2 rings (SSSR count). The van der Waals surface area contributed by atoms with Crippen LogP contribution in [0.15, 0.2) is 24.5 Å². The van der Waals surface area contributed by atoms with Crippen molar-refractivity contribution < 1.29 is 4.79 Å². The highest BCUT2D eigenvalue weighted by Gasteiger charge is 2.26. The molecule has 3 N–H and O–H groups in total. The molecule has 0 saturated heterocycles. The zero-order valence-corrected chi connectivity index (χ0v) is 10.6. The third kappa shape index (κ3) is 3.53. The number of nitrogens with zero attached hydrogens (tertiary/aromatic N) is 1. The van der Waals surface area contributed by atoms with E-state index in [9.17, 15) is 4.79 Å². The van der Waals surface area contributed by atoms with Crippen molar-refractivity contribution in [1.29, 1.82) is 0 Å². The molecule has 1 fully saturated rings. The van der Waals surface area contributed by atoms with Crippen LogP contribution in [-0.4, -0.2) is 16.9 Å². The quantitative estimate of drug-likeness (QED) is 0.797. The minimum Gasteiger partial charge on any atom is -0.352 e. The van der Waals surface area contributed by atoms with Crippen molar-refractivity contribution in [3.63, 3.8) is 0 Å². The number of nitrogens with two attached hydrogens (primary N) is 1. The molecule has 0 aliphatic heterocycles. The predicted octanol–water partition coefficient (Wildman–Crippen LogP) is 1.61. The first kappa shape index (κ1) is 13.0. The van der Waals surface area contributed by atoms with Crippen molar-refractivity contribution in [1.82, 2.24) is 10.3 Å². The van der Waals surface area contributed by atoms with E-state index in [1.54, 1.807) is 12.4 Å². The Morgan fingerprint density at radius 3 is 3.00 bits per heavy atom. The summed E-state index contributed by atoms with van der Waals surface area (Å²) in [5.74, 6) is 0.0671. The van der Waals surface area contributed by atoms with Crippen molar-refractivity contribution in [3.8, 4) is 0 Å². The van der Waals surface area contributed by atoms with E-state index in [0.717, 1.165) is 31.2 Å². The van der Waals surface area contributed by atoms with E-state index >= 15 is 0 Å². The van der Waals surface area contributed by atoms with Gasteiger partial charge in [-0.05, 0) is 24.5 Å². The van der Waals surface area contributed by atoms with Gasteiger partial charge in [-0.15, -0.1) is 0 Å². The number of nitrogens with one attached hydrogen (secondary N) is 1. The first-order valence-electron chi connectivity index (χ1n) is 6.69. The lowest BCUT2D eigenvalue weighted by Gasteiger charge is -2.20. The SMILES string of the molecule is NC1CCCCCC1C(=O)NCc1cccnc1. The topological polar surface area (TPSA) is 68.0 Å². The summed E-state index contributed by atoms with van der Waals surface area (Å²) in [5.41, 5.74) is 7.10. The van der Waals surface area contributed by atoms with Crippen LogP contribution in [0.2, 0.25) is 0 Å². The van der Waals surface area contributed by atoms with Crippen LogP contribution in [0.3, 0.4) is 0 Å². The second-order valence-corrected chi connectivity index (χ2v) is 4.99. The average molecular weight is 247 g/mol. The molecule has 1 aromatic rings. The summed E-state index contributed by atoms with van der Waals surface area (Å²) < 4.78 is 0. The normalized spacial score (nSPS) is 24.3. The Hall–Kier alpha value is -1.42. The summed E-state index contributed by atoms with van der Waals surface area (Å²) in [6.07, 6.45) is 8.83. The molecule has 1 heterocycles. The van der Waals surface area contributed by atoms with Crippen LogP contribution in [0, 0.1) is 5.92 Å². The molecule has 18 heavy (non-hydrogen) atoms. The number of rotatable bonds is 3. The lowest BCUT2D eigenvalue weighted by atomic mass is 9.94. The highest BCUT2D eigenvalue weighted by atomic mass is 16.1. The van der Waals surface area contributed by atoms with E-state index in [0.29, 0.717) is 6.54 Å². The van der Waals surface area contributed by atoms with E-state index < -0.39 is 0 Å². The summed E-state index contributed by atoms with van der Waals surface area (Å²) in [6.45, 7) is 0.538. The second-order valence-electron chi connectivity index (χ2n) is 4.99. The van der Waals surface area contributed by atoms with Gasteiger partial charge in [0.1, 0.15) is 0 Å². The fourth-order valence-electron chi connectivity index (χ4n) is 2.48. The second kappa shape index (κ2) is 6.50. The maximum Gasteiger partial charge on any atom is 0.224 e. The van der Waals surface area contributed by atoms with Gasteiger partial charge in [-0.1, -0.05) is 25.3 Å². The molecule has 0 bridgehead atoms. The van der Waals surface area contributed by atoms with Gasteiger partial charge in [0.2, 0.25) is 5.91 Å². The largest absolute Gasteiger partial charge is 0.352 e. The molecule has 1 saturated carbocycles. The average Bonchev–Trinajstić information content (AvgIpc) is 2.62. The highest BCUT2D eigenvalue weighted by Crippen LogP contribution is 2.22. The Kier molecular flexibility index (Phi) is 4.70. The number of carbonyl (C=O) groups excluding carboxylic acids is 1. The van der Waals surface area contributed by atoms with Crippen LogP contribution in [-0.2, 0) is 11.3 Å². The van der Waals surface area contributed by atoms with Gasteiger partial charge in [-0.2, -0.15) is 0 Å². The number of hydrogen-bond donors (Lipinski definition) is 2. The first-order chi connectivity index (χ1) is 8.77. The monoisotopic (exact) mass is 247 g/mol. The van der Waals surface area contributed by atoms with Crippen molar-refractivity contribution in [2.45, 2.75) is 44.7 Å². The van der Waals surface area contributed by atoms with Gasteiger partial charge in [0.15, 0.2) is 0 Å². The molecular formula is C14H21N3O. The van der Waals surface area contributed by atoms with E-state index in [2.05, 4.69) is 10.3 Å².